The third kappa shape index (κ3) is 5.22. The molecule has 0 bridgehead atoms. The van der Waals surface area contributed by atoms with Gasteiger partial charge in [-0.3, -0.25) is 9.52 Å². The Balaban J connectivity index is 2.27. The third-order valence-electron chi connectivity index (χ3n) is 4.16. The van der Waals surface area contributed by atoms with E-state index in [0.29, 0.717) is 12.1 Å². The SMILES string of the molecule is CCC(NC(=O)c1cc(NS(C)(=O)=O)ccc1Cl)c1ccc(C)c(C)c1. The number of halogens is 1. The molecule has 1 amide bonds. The molecule has 2 aromatic carbocycles. The van der Waals surface area contributed by atoms with E-state index in [1.807, 2.05) is 32.9 Å². The molecule has 0 heterocycles. The first-order chi connectivity index (χ1) is 12.1. The molecule has 2 N–H and O–H groups in total. The fourth-order valence-corrected chi connectivity index (χ4v) is 3.37. The van der Waals surface area contributed by atoms with Gasteiger partial charge in [0.1, 0.15) is 0 Å². The number of nitrogens with one attached hydrogen (secondary N) is 2. The van der Waals surface area contributed by atoms with Crippen molar-refractivity contribution in [2.75, 3.05) is 11.0 Å². The van der Waals surface area contributed by atoms with Crippen LogP contribution in [0.4, 0.5) is 5.69 Å². The van der Waals surface area contributed by atoms with Crippen LogP contribution in [0.15, 0.2) is 36.4 Å². The van der Waals surface area contributed by atoms with Crippen molar-refractivity contribution in [1.82, 2.24) is 5.32 Å². The molecule has 0 aliphatic carbocycles. The fourth-order valence-electron chi connectivity index (χ4n) is 2.62. The second-order valence-electron chi connectivity index (χ2n) is 6.35. The molecule has 2 rings (SSSR count). The molecule has 0 aromatic heterocycles. The van der Waals surface area contributed by atoms with Gasteiger partial charge in [0.15, 0.2) is 0 Å². The van der Waals surface area contributed by atoms with Gasteiger partial charge in [0.2, 0.25) is 10.0 Å². The lowest BCUT2D eigenvalue weighted by Crippen LogP contribution is -2.28. The molecule has 2 aromatic rings. The van der Waals surface area contributed by atoms with Crippen molar-refractivity contribution in [2.24, 2.45) is 0 Å². The minimum absolute atomic E-state index is 0.163. The second kappa shape index (κ2) is 8.10. The van der Waals surface area contributed by atoms with Crippen molar-refractivity contribution in [3.63, 3.8) is 0 Å². The molecule has 1 unspecified atom stereocenters. The average Bonchev–Trinajstić information content (AvgIpc) is 2.55. The van der Waals surface area contributed by atoms with Crippen LogP contribution in [0.3, 0.4) is 0 Å². The van der Waals surface area contributed by atoms with E-state index in [4.69, 9.17) is 11.6 Å². The topological polar surface area (TPSA) is 75.3 Å². The van der Waals surface area contributed by atoms with E-state index in [2.05, 4.69) is 16.1 Å². The molecule has 7 heteroatoms. The van der Waals surface area contributed by atoms with Gasteiger partial charge in [-0.1, -0.05) is 36.7 Å². The largest absolute Gasteiger partial charge is 0.345 e. The highest BCUT2D eigenvalue weighted by Gasteiger charge is 2.18. The molecular formula is C19H23ClN2O3S. The Morgan fingerprint density at radius 2 is 1.81 bits per heavy atom. The van der Waals surface area contributed by atoms with E-state index in [1.165, 1.54) is 23.8 Å². The molecule has 0 aliphatic heterocycles. The summed E-state index contributed by atoms with van der Waals surface area (Å²) in [6.07, 6.45) is 1.77. The molecule has 0 saturated carbocycles. The Bertz CT molecular complexity index is 926. The van der Waals surface area contributed by atoms with E-state index in [-0.39, 0.29) is 22.5 Å². The normalized spacial score (nSPS) is 12.5. The molecule has 26 heavy (non-hydrogen) atoms. The predicted molar refractivity (Wildman–Crippen MR) is 106 cm³/mol. The molecule has 1 atom stereocenters. The molecule has 140 valence electrons. The number of carbonyl (C=O) groups is 1. The van der Waals surface area contributed by atoms with Gasteiger partial charge in [-0.05, 0) is 55.2 Å². The van der Waals surface area contributed by atoms with E-state index < -0.39 is 10.0 Å². The highest BCUT2D eigenvalue weighted by molar-refractivity contribution is 7.92. The van der Waals surface area contributed by atoms with Crippen LogP contribution in [0.2, 0.25) is 5.02 Å². The zero-order chi connectivity index (χ0) is 19.5. The summed E-state index contributed by atoms with van der Waals surface area (Å²) in [5.41, 5.74) is 3.89. The zero-order valence-corrected chi connectivity index (χ0v) is 16.8. The molecular weight excluding hydrogens is 372 g/mol. The van der Waals surface area contributed by atoms with Crippen LogP contribution in [-0.2, 0) is 10.0 Å². The van der Waals surface area contributed by atoms with E-state index >= 15 is 0 Å². The molecule has 0 fully saturated rings. The maximum absolute atomic E-state index is 12.7. The van der Waals surface area contributed by atoms with Crippen molar-refractivity contribution in [1.29, 1.82) is 0 Å². The summed E-state index contributed by atoms with van der Waals surface area (Å²) in [6.45, 7) is 6.06. The monoisotopic (exact) mass is 394 g/mol. The van der Waals surface area contributed by atoms with E-state index in [1.54, 1.807) is 0 Å². The van der Waals surface area contributed by atoms with Crippen LogP contribution >= 0.6 is 11.6 Å². The third-order valence-corrected chi connectivity index (χ3v) is 5.10. The Labute approximate surface area is 159 Å². The number of aryl methyl sites for hydroxylation is 2. The van der Waals surface area contributed by atoms with Crippen molar-refractivity contribution in [2.45, 2.75) is 33.2 Å². The molecule has 0 radical (unpaired) electrons. The quantitative estimate of drug-likeness (QED) is 0.770. The Kier molecular flexibility index (Phi) is 6.31. The Morgan fingerprint density at radius 3 is 2.38 bits per heavy atom. The van der Waals surface area contributed by atoms with E-state index in [0.717, 1.165) is 17.4 Å². The summed E-state index contributed by atoms with van der Waals surface area (Å²) in [6, 6.07) is 10.4. The predicted octanol–water partition coefficient (Wildman–Crippen LogP) is 4.21. The first-order valence-electron chi connectivity index (χ1n) is 8.26. The van der Waals surface area contributed by atoms with Gasteiger partial charge < -0.3 is 5.32 Å². The number of carbonyl (C=O) groups excluding carboxylic acids is 1. The number of amides is 1. The molecule has 0 aliphatic rings. The van der Waals surface area contributed by atoms with Gasteiger partial charge in [-0.25, -0.2) is 8.42 Å². The van der Waals surface area contributed by atoms with Crippen LogP contribution in [0.5, 0.6) is 0 Å². The van der Waals surface area contributed by atoms with E-state index in [9.17, 15) is 13.2 Å². The summed E-state index contributed by atoms with van der Waals surface area (Å²) in [5, 5.41) is 3.24. The Morgan fingerprint density at radius 1 is 1.12 bits per heavy atom. The number of sulfonamides is 1. The number of anilines is 1. The molecule has 5 nitrogen and oxygen atoms in total. The van der Waals surface area contributed by atoms with Crippen molar-refractivity contribution < 1.29 is 13.2 Å². The molecule has 0 saturated heterocycles. The number of benzene rings is 2. The number of hydrogen-bond donors (Lipinski definition) is 2. The van der Waals surface area contributed by atoms with Crippen molar-refractivity contribution >= 4 is 33.2 Å². The fraction of sp³-hybridized carbons (Fsp3) is 0.316. The average molecular weight is 395 g/mol. The lowest BCUT2D eigenvalue weighted by atomic mass is 9.99. The van der Waals surface area contributed by atoms with Crippen LogP contribution in [0.1, 0.15) is 46.4 Å². The smallest absolute Gasteiger partial charge is 0.253 e. The van der Waals surface area contributed by atoms with Crippen LogP contribution in [-0.4, -0.2) is 20.6 Å². The maximum atomic E-state index is 12.7. The second-order valence-corrected chi connectivity index (χ2v) is 8.50. The van der Waals surface area contributed by atoms with Crippen LogP contribution in [0, 0.1) is 13.8 Å². The summed E-state index contributed by atoms with van der Waals surface area (Å²) in [5.74, 6) is -0.350. The minimum atomic E-state index is -3.44. The van der Waals surface area contributed by atoms with Crippen molar-refractivity contribution in [3.05, 3.63) is 63.7 Å². The van der Waals surface area contributed by atoms with Crippen LogP contribution in [0.25, 0.3) is 0 Å². The summed E-state index contributed by atoms with van der Waals surface area (Å²) < 4.78 is 25.1. The number of rotatable bonds is 6. The van der Waals surface area contributed by atoms with Gasteiger partial charge in [0.05, 0.1) is 22.9 Å². The van der Waals surface area contributed by atoms with Gasteiger partial charge in [0.25, 0.3) is 5.91 Å². The van der Waals surface area contributed by atoms with Gasteiger partial charge >= 0.3 is 0 Å². The summed E-state index contributed by atoms with van der Waals surface area (Å²) >= 11 is 6.14. The minimum Gasteiger partial charge on any atom is -0.345 e. The van der Waals surface area contributed by atoms with Gasteiger partial charge in [-0.2, -0.15) is 0 Å². The van der Waals surface area contributed by atoms with Crippen molar-refractivity contribution in [3.8, 4) is 0 Å². The zero-order valence-electron chi connectivity index (χ0n) is 15.3. The lowest BCUT2D eigenvalue weighted by Gasteiger charge is -2.19. The molecule has 0 spiro atoms. The van der Waals surface area contributed by atoms with Gasteiger partial charge in [-0.15, -0.1) is 0 Å². The first-order valence-corrected chi connectivity index (χ1v) is 10.5. The Hall–Kier alpha value is -2.05. The lowest BCUT2D eigenvalue weighted by molar-refractivity contribution is 0.0935. The summed E-state index contributed by atoms with van der Waals surface area (Å²) in [7, 11) is -3.44. The highest BCUT2D eigenvalue weighted by atomic mass is 35.5. The number of hydrogen-bond acceptors (Lipinski definition) is 3. The van der Waals surface area contributed by atoms with Crippen LogP contribution < -0.4 is 10.0 Å². The summed E-state index contributed by atoms with van der Waals surface area (Å²) in [4.78, 5) is 12.7. The highest BCUT2D eigenvalue weighted by Crippen LogP contribution is 2.24. The maximum Gasteiger partial charge on any atom is 0.253 e. The first kappa shape index (κ1) is 20.3. The standard InChI is InChI=1S/C19H23ClN2O3S/c1-5-18(14-7-6-12(2)13(3)10-14)21-19(23)16-11-15(8-9-17(16)20)22-26(4,24)25/h6-11,18,22H,5H2,1-4H3,(H,21,23). The van der Waals surface area contributed by atoms with Gasteiger partial charge in [0, 0.05) is 5.69 Å².